The van der Waals surface area contributed by atoms with E-state index in [4.69, 9.17) is 4.74 Å². The van der Waals surface area contributed by atoms with Gasteiger partial charge in [0.05, 0.1) is 0 Å². The molecule has 3 aromatic rings. The van der Waals surface area contributed by atoms with Crippen LogP contribution in [0.2, 0.25) is 0 Å². The van der Waals surface area contributed by atoms with Gasteiger partial charge < -0.3 is 9.64 Å². The maximum Gasteiger partial charge on any atom is 0.411 e. The van der Waals surface area contributed by atoms with Crippen LogP contribution in [0.15, 0.2) is 66.7 Å². The van der Waals surface area contributed by atoms with Gasteiger partial charge in [0, 0.05) is 30.4 Å². The summed E-state index contributed by atoms with van der Waals surface area (Å²) in [5.74, 6) is 0.0642. The van der Waals surface area contributed by atoms with E-state index in [0.717, 1.165) is 30.0 Å². The topological polar surface area (TPSA) is 41.6 Å². The van der Waals surface area contributed by atoms with Gasteiger partial charge in [-0.3, -0.25) is 5.32 Å². The number of anilines is 2. The Morgan fingerprint density at radius 3 is 2.10 bits per heavy atom. The van der Waals surface area contributed by atoms with Crippen LogP contribution in [-0.4, -0.2) is 25.8 Å². The predicted molar refractivity (Wildman–Crippen MR) is 123 cm³/mol. The smallest absolute Gasteiger partial charge is 0.411 e. The third-order valence-electron chi connectivity index (χ3n) is 5.92. The molecule has 4 heteroatoms. The van der Waals surface area contributed by atoms with Gasteiger partial charge in [-0.25, -0.2) is 4.79 Å². The molecule has 0 atom stereocenters. The van der Waals surface area contributed by atoms with Crippen molar-refractivity contribution in [3.63, 3.8) is 0 Å². The number of carbonyl (C=O) groups is 1. The molecular weight excluding hydrogens is 372 g/mol. The molecule has 4 rings (SSSR count). The first-order valence-corrected chi connectivity index (χ1v) is 10.6. The van der Waals surface area contributed by atoms with Crippen LogP contribution in [0.1, 0.15) is 36.5 Å². The zero-order valence-corrected chi connectivity index (χ0v) is 17.8. The first-order chi connectivity index (χ1) is 14.6. The summed E-state index contributed by atoms with van der Waals surface area (Å²) in [6.45, 7) is 8.51. The number of benzene rings is 3. The summed E-state index contributed by atoms with van der Waals surface area (Å²) in [6.07, 6.45) is -0.421. The largest absolute Gasteiger partial charge is 0.448 e. The highest BCUT2D eigenvalue weighted by atomic mass is 16.5. The molecule has 1 aliphatic carbocycles. The van der Waals surface area contributed by atoms with E-state index in [-0.39, 0.29) is 5.92 Å². The Morgan fingerprint density at radius 2 is 1.53 bits per heavy atom. The van der Waals surface area contributed by atoms with Crippen LogP contribution in [0.4, 0.5) is 16.2 Å². The van der Waals surface area contributed by atoms with Crippen LogP contribution in [0.5, 0.6) is 0 Å². The number of aryl methyl sites for hydroxylation is 1. The summed E-state index contributed by atoms with van der Waals surface area (Å²) in [7, 11) is 0. The lowest BCUT2D eigenvalue weighted by atomic mass is 9.98. The SMILES string of the molecule is CCN(CC)c1ccc(NC(=O)OCC2c3ccccc3-c3ccccc32)c(C)c1. The minimum atomic E-state index is -0.421. The van der Waals surface area contributed by atoms with Gasteiger partial charge in [0.25, 0.3) is 0 Å². The fourth-order valence-corrected chi connectivity index (χ4v) is 4.32. The van der Waals surface area contributed by atoms with Gasteiger partial charge >= 0.3 is 6.09 Å². The molecule has 1 aliphatic rings. The zero-order chi connectivity index (χ0) is 21.1. The predicted octanol–water partition coefficient (Wildman–Crippen LogP) is 6.20. The van der Waals surface area contributed by atoms with Gasteiger partial charge in [-0.15, -0.1) is 0 Å². The quantitative estimate of drug-likeness (QED) is 0.535. The van der Waals surface area contributed by atoms with E-state index in [2.05, 4.69) is 66.5 Å². The molecule has 4 nitrogen and oxygen atoms in total. The van der Waals surface area contributed by atoms with E-state index >= 15 is 0 Å². The van der Waals surface area contributed by atoms with E-state index in [1.54, 1.807) is 0 Å². The lowest BCUT2D eigenvalue weighted by molar-refractivity contribution is 0.158. The number of hydrogen-bond donors (Lipinski definition) is 1. The molecule has 1 N–H and O–H groups in total. The molecule has 0 spiro atoms. The number of amides is 1. The lowest BCUT2D eigenvalue weighted by Crippen LogP contribution is -2.22. The van der Waals surface area contributed by atoms with Crippen molar-refractivity contribution < 1.29 is 9.53 Å². The first-order valence-electron chi connectivity index (χ1n) is 10.6. The number of carbonyl (C=O) groups excluding carboxylic acids is 1. The van der Waals surface area contributed by atoms with Crippen molar-refractivity contribution in [3.05, 3.63) is 83.4 Å². The number of rotatable bonds is 6. The average Bonchev–Trinajstić information content (AvgIpc) is 3.09. The molecular formula is C26H28N2O2. The molecule has 0 saturated heterocycles. The van der Waals surface area contributed by atoms with E-state index in [1.807, 2.05) is 31.2 Å². The third kappa shape index (κ3) is 3.78. The number of ether oxygens (including phenoxy) is 1. The van der Waals surface area contributed by atoms with Crippen LogP contribution in [0, 0.1) is 6.92 Å². The fraction of sp³-hybridized carbons (Fsp3) is 0.269. The molecule has 0 heterocycles. The Balaban J connectivity index is 1.45. The van der Waals surface area contributed by atoms with E-state index in [0.29, 0.717) is 6.61 Å². The molecule has 0 bridgehead atoms. The lowest BCUT2D eigenvalue weighted by Gasteiger charge is -2.22. The molecule has 1 amide bonds. The maximum atomic E-state index is 12.5. The Kier molecular flexibility index (Phi) is 5.75. The summed E-state index contributed by atoms with van der Waals surface area (Å²) < 4.78 is 5.66. The maximum absolute atomic E-state index is 12.5. The summed E-state index contributed by atoms with van der Waals surface area (Å²) in [5.41, 5.74) is 7.85. The Morgan fingerprint density at radius 1 is 0.933 bits per heavy atom. The van der Waals surface area contributed by atoms with E-state index < -0.39 is 6.09 Å². The number of hydrogen-bond acceptors (Lipinski definition) is 3. The van der Waals surface area contributed by atoms with E-state index in [9.17, 15) is 4.79 Å². The van der Waals surface area contributed by atoms with Crippen molar-refractivity contribution in [3.8, 4) is 11.1 Å². The summed E-state index contributed by atoms with van der Waals surface area (Å²) in [5, 5.41) is 2.90. The van der Waals surface area contributed by atoms with Crippen LogP contribution >= 0.6 is 0 Å². The van der Waals surface area contributed by atoms with Crippen molar-refractivity contribution in [2.24, 2.45) is 0 Å². The van der Waals surface area contributed by atoms with Crippen molar-refractivity contribution in [1.82, 2.24) is 0 Å². The zero-order valence-electron chi connectivity index (χ0n) is 17.8. The van der Waals surface area contributed by atoms with Gasteiger partial charge in [-0.2, -0.15) is 0 Å². The molecule has 154 valence electrons. The Hall–Kier alpha value is -3.27. The van der Waals surface area contributed by atoms with Crippen molar-refractivity contribution in [2.45, 2.75) is 26.7 Å². The molecule has 30 heavy (non-hydrogen) atoms. The second-order valence-corrected chi connectivity index (χ2v) is 7.62. The molecule has 0 saturated carbocycles. The highest BCUT2D eigenvalue weighted by Gasteiger charge is 2.29. The summed E-state index contributed by atoms with van der Waals surface area (Å²) in [4.78, 5) is 14.8. The standard InChI is InChI=1S/C26H28N2O2/c1-4-28(5-2)19-14-15-25(18(3)16-19)27-26(29)30-17-24-22-12-8-6-10-20(22)21-11-7-9-13-23(21)24/h6-16,24H,4-5,17H2,1-3H3,(H,27,29). The summed E-state index contributed by atoms with van der Waals surface area (Å²) in [6, 6.07) is 22.8. The minimum Gasteiger partial charge on any atom is -0.448 e. The molecule has 3 aromatic carbocycles. The molecule has 0 aromatic heterocycles. The van der Waals surface area contributed by atoms with Gasteiger partial charge in [-0.05, 0) is 66.8 Å². The third-order valence-corrected chi connectivity index (χ3v) is 5.92. The Labute approximate surface area is 178 Å². The van der Waals surface area contributed by atoms with Crippen LogP contribution < -0.4 is 10.2 Å². The number of nitrogens with one attached hydrogen (secondary N) is 1. The molecule has 0 unspecified atom stereocenters. The van der Waals surface area contributed by atoms with Crippen molar-refractivity contribution in [2.75, 3.05) is 29.9 Å². The first kappa shape index (κ1) is 20.0. The molecule has 0 fully saturated rings. The second kappa shape index (κ2) is 8.62. The van der Waals surface area contributed by atoms with Crippen LogP contribution in [0.25, 0.3) is 11.1 Å². The minimum absolute atomic E-state index is 0.0642. The van der Waals surface area contributed by atoms with Gasteiger partial charge in [0.1, 0.15) is 6.61 Å². The summed E-state index contributed by atoms with van der Waals surface area (Å²) >= 11 is 0. The fourth-order valence-electron chi connectivity index (χ4n) is 4.32. The second-order valence-electron chi connectivity index (χ2n) is 7.62. The van der Waals surface area contributed by atoms with Gasteiger partial charge in [0.2, 0.25) is 0 Å². The number of nitrogens with zero attached hydrogens (tertiary/aromatic N) is 1. The van der Waals surface area contributed by atoms with Gasteiger partial charge in [0.15, 0.2) is 0 Å². The molecule has 0 aliphatic heterocycles. The highest BCUT2D eigenvalue weighted by molar-refractivity contribution is 5.86. The Bertz CT molecular complexity index is 1010. The van der Waals surface area contributed by atoms with Gasteiger partial charge in [-0.1, -0.05) is 48.5 Å². The van der Waals surface area contributed by atoms with E-state index in [1.165, 1.54) is 22.3 Å². The van der Waals surface area contributed by atoms with Crippen molar-refractivity contribution >= 4 is 17.5 Å². The normalized spacial score (nSPS) is 12.2. The van der Waals surface area contributed by atoms with Crippen molar-refractivity contribution in [1.29, 1.82) is 0 Å². The average molecular weight is 401 g/mol. The highest BCUT2D eigenvalue weighted by Crippen LogP contribution is 2.44. The monoisotopic (exact) mass is 400 g/mol. The number of fused-ring (bicyclic) bond motifs is 3. The molecule has 0 radical (unpaired) electrons. The van der Waals surface area contributed by atoms with Crippen LogP contribution in [0.3, 0.4) is 0 Å². The van der Waals surface area contributed by atoms with Crippen LogP contribution in [-0.2, 0) is 4.74 Å².